The van der Waals surface area contributed by atoms with Gasteiger partial charge in [-0.05, 0) is 63.4 Å². The number of benzene rings is 8. The quantitative estimate of drug-likeness (QED) is 0.179. The molecule has 0 bridgehead atoms. The number of hydrogen-bond donors (Lipinski definition) is 0. The van der Waals surface area contributed by atoms with Crippen molar-refractivity contribution < 1.29 is 4.42 Å². The molecule has 0 aliphatic rings. The van der Waals surface area contributed by atoms with Crippen LogP contribution in [0.15, 0.2) is 180 Å². The Hall–Kier alpha value is -6.95. The number of aromatic nitrogens is 3. The van der Waals surface area contributed by atoms with E-state index in [1.54, 1.807) is 0 Å². The molecule has 0 saturated carbocycles. The summed E-state index contributed by atoms with van der Waals surface area (Å²) in [6.07, 6.45) is 0. The predicted molar refractivity (Wildman–Crippen MR) is 225 cm³/mol. The van der Waals surface area contributed by atoms with Crippen LogP contribution >= 0.6 is 11.3 Å². The summed E-state index contributed by atoms with van der Waals surface area (Å²) in [5, 5.41) is 6.81. The van der Waals surface area contributed by atoms with Gasteiger partial charge in [0.1, 0.15) is 11.2 Å². The second kappa shape index (κ2) is 12.3. The van der Waals surface area contributed by atoms with E-state index in [9.17, 15) is 0 Å². The van der Waals surface area contributed by atoms with E-state index in [1.165, 1.54) is 42.4 Å². The van der Waals surface area contributed by atoms with Crippen molar-refractivity contribution in [1.29, 1.82) is 0 Å². The second-order valence-electron chi connectivity index (χ2n) is 13.5. The molecule has 0 radical (unpaired) electrons. The molecular formula is C49H29N3OS. The number of hydrogen-bond acceptors (Lipinski definition) is 5. The zero-order valence-corrected chi connectivity index (χ0v) is 29.7. The maximum Gasteiger partial charge on any atom is 0.164 e. The van der Waals surface area contributed by atoms with Gasteiger partial charge in [-0.3, -0.25) is 0 Å². The molecule has 0 spiro atoms. The Morgan fingerprint density at radius 1 is 0.333 bits per heavy atom. The van der Waals surface area contributed by atoms with Crippen LogP contribution in [-0.2, 0) is 0 Å². The average Bonchev–Trinajstić information content (AvgIpc) is 3.82. The molecule has 0 aliphatic heterocycles. The highest BCUT2D eigenvalue weighted by Crippen LogP contribution is 2.44. The van der Waals surface area contributed by atoms with Gasteiger partial charge in [0.2, 0.25) is 0 Å². The fourth-order valence-electron chi connectivity index (χ4n) is 7.90. The lowest BCUT2D eigenvalue weighted by Gasteiger charge is -2.13. The largest absolute Gasteiger partial charge is 0.456 e. The average molecular weight is 708 g/mol. The van der Waals surface area contributed by atoms with E-state index in [0.717, 1.165) is 49.4 Å². The minimum absolute atomic E-state index is 0.605. The van der Waals surface area contributed by atoms with Gasteiger partial charge < -0.3 is 4.42 Å². The maximum atomic E-state index is 6.27. The highest BCUT2D eigenvalue weighted by atomic mass is 32.1. The van der Waals surface area contributed by atoms with Gasteiger partial charge in [0.05, 0.1) is 0 Å². The third-order valence-electron chi connectivity index (χ3n) is 10.4. The Labute approximate surface area is 314 Å². The van der Waals surface area contributed by atoms with Crippen molar-refractivity contribution in [2.75, 3.05) is 0 Å². The van der Waals surface area contributed by atoms with E-state index in [2.05, 4.69) is 115 Å². The molecule has 0 fully saturated rings. The lowest BCUT2D eigenvalue weighted by molar-refractivity contribution is 0.669. The Kier molecular flexibility index (Phi) is 7.00. The number of fused-ring (bicyclic) bond motifs is 7. The third kappa shape index (κ3) is 4.94. The summed E-state index contributed by atoms with van der Waals surface area (Å²) in [4.78, 5) is 15.5. The summed E-state index contributed by atoms with van der Waals surface area (Å²) in [5.74, 6) is 1.85. The standard InChI is InChI=1S/C49H29N3OS/c1-3-13-30(14-4-1)32-27-28-43-40(29-32)46-36(21-12-26-44(46)54-43)34-19-9-20-35-33(34)18-10-22-37(35)48-50-47(31-15-5-2-6-16-31)51-49(52-48)39-23-11-25-42-45(39)38-17-7-8-24-41(38)53-42/h1-29H. The summed E-state index contributed by atoms with van der Waals surface area (Å²) in [7, 11) is 0. The van der Waals surface area contributed by atoms with Crippen LogP contribution < -0.4 is 0 Å². The van der Waals surface area contributed by atoms with E-state index in [0.29, 0.717) is 17.5 Å². The van der Waals surface area contributed by atoms with Crippen molar-refractivity contribution in [2.24, 2.45) is 0 Å². The first-order valence-corrected chi connectivity index (χ1v) is 18.8. The fourth-order valence-corrected chi connectivity index (χ4v) is 9.01. The number of furan rings is 1. The first kappa shape index (κ1) is 30.7. The van der Waals surface area contributed by atoms with Gasteiger partial charge in [-0.1, -0.05) is 146 Å². The zero-order valence-electron chi connectivity index (χ0n) is 28.9. The summed E-state index contributed by atoms with van der Waals surface area (Å²) in [6, 6.07) is 61.6. The first-order valence-electron chi connectivity index (χ1n) is 18.0. The Morgan fingerprint density at radius 3 is 1.76 bits per heavy atom. The summed E-state index contributed by atoms with van der Waals surface area (Å²) in [5.41, 5.74) is 9.26. The summed E-state index contributed by atoms with van der Waals surface area (Å²) in [6.45, 7) is 0. The summed E-state index contributed by atoms with van der Waals surface area (Å²) >= 11 is 1.85. The van der Waals surface area contributed by atoms with E-state index in [1.807, 2.05) is 72.0 Å². The van der Waals surface area contributed by atoms with Gasteiger partial charge >= 0.3 is 0 Å². The van der Waals surface area contributed by atoms with Crippen molar-refractivity contribution in [1.82, 2.24) is 15.0 Å². The van der Waals surface area contributed by atoms with Gasteiger partial charge in [0.25, 0.3) is 0 Å². The predicted octanol–water partition coefficient (Wildman–Crippen LogP) is 13.6. The van der Waals surface area contributed by atoms with Gasteiger partial charge in [0, 0.05) is 47.6 Å². The van der Waals surface area contributed by atoms with Gasteiger partial charge in [0.15, 0.2) is 17.5 Å². The first-order chi connectivity index (χ1) is 26.8. The Morgan fingerprint density at radius 2 is 0.926 bits per heavy atom. The maximum absolute atomic E-state index is 6.27. The van der Waals surface area contributed by atoms with Crippen LogP contribution in [0, 0.1) is 0 Å². The van der Waals surface area contributed by atoms with Crippen molar-refractivity contribution in [3.63, 3.8) is 0 Å². The molecule has 11 aromatic rings. The minimum Gasteiger partial charge on any atom is -0.456 e. The van der Waals surface area contributed by atoms with Gasteiger partial charge in [-0.25, -0.2) is 15.0 Å². The highest BCUT2D eigenvalue weighted by Gasteiger charge is 2.20. The Bertz CT molecular complexity index is 3220. The van der Waals surface area contributed by atoms with Crippen LogP contribution in [0.1, 0.15) is 0 Å². The van der Waals surface area contributed by atoms with Crippen molar-refractivity contribution in [3.05, 3.63) is 176 Å². The minimum atomic E-state index is 0.605. The molecule has 0 atom stereocenters. The molecule has 3 aromatic heterocycles. The van der Waals surface area contributed by atoms with E-state index >= 15 is 0 Å². The third-order valence-corrected chi connectivity index (χ3v) is 11.5. The fraction of sp³-hybridized carbons (Fsp3) is 0. The topological polar surface area (TPSA) is 51.8 Å². The molecule has 8 aromatic carbocycles. The van der Waals surface area contributed by atoms with Gasteiger partial charge in [-0.15, -0.1) is 11.3 Å². The van der Waals surface area contributed by atoms with E-state index in [4.69, 9.17) is 19.4 Å². The molecule has 252 valence electrons. The van der Waals surface area contributed by atoms with Crippen LogP contribution in [-0.4, -0.2) is 15.0 Å². The van der Waals surface area contributed by atoms with Gasteiger partial charge in [-0.2, -0.15) is 0 Å². The zero-order chi connectivity index (χ0) is 35.6. The number of para-hydroxylation sites is 1. The SMILES string of the molecule is c1ccc(-c2ccc3sc4cccc(-c5cccc6c(-c7nc(-c8ccccc8)nc(-c8cccc9oc%10ccccc%10c89)n7)cccc56)c4c3c2)cc1. The summed E-state index contributed by atoms with van der Waals surface area (Å²) < 4.78 is 8.82. The monoisotopic (exact) mass is 707 g/mol. The molecule has 0 N–H and O–H groups in total. The van der Waals surface area contributed by atoms with E-state index in [-0.39, 0.29) is 0 Å². The lowest BCUT2D eigenvalue weighted by Crippen LogP contribution is -2.01. The number of rotatable bonds is 5. The normalized spacial score (nSPS) is 11.7. The second-order valence-corrected chi connectivity index (χ2v) is 14.6. The molecule has 4 nitrogen and oxygen atoms in total. The van der Waals surface area contributed by atoms with Crippen LogP contribution in [0.5, 0.6) is 0 Å². The van der Waals surface area contributed by atoms with E-state index < -0.39 is 0 Å². The number of nitrogens with zero attached hydrogens (tertiary/aromatic N) is 3. The molecule has 11 rings (SSSR count). The van der Waals surface area contributed by atoms with Crippen LogP contribution in [0.3, 0.4) is 0 Å². The molecule has 5 heteroatoms. The van der Waals surface area contributed by atoms with Crippen LogP contribution in [0.2, 0.25) is 0 Å². The van der Waals surface area contributed by atoms with Crippen molar-refractivity contribution in [2.45, 2.75) is 0 Å². The molecule has 0 saturated heterocycles. The van der Waals surface area contributed by atoms with Crippen molar-refractivity contribution in [3.8, 4) is 56.4 Å². The molecule has 0 aliphatic carbocycles. The smallest absolute Gasteiger partial charge is 0.164 e. The molecule has 0 unspecified atom stereocenters. The molecular weight excluding hydrogens is 679 g/mol. The molecule has 3 heterocycles. The number of thiophene rings is 1. The van der Waals surface area contributed by atoms with Crippen molar-refractivity contribution >= 4 is 64.2 Å². The molecule has 0 amide bonds. The lowest BCUT2D eigenvalue weighted by atomic mass is 9.92. The molecule has 54 heavy (non-hydrogen) atoms. The Balaban J connectivity index is 1.13. The van der Waals surface area contributed by atoms with Crippen LogP contribution in [0.4, 0.5) is 0 Å². The van der Waals surface area contributed by atoms with Crippen LogP contribution in [0.25, 0.3) is 109 Å². The highest BCUT2D eigenvalue weighted by molar-refractivity contribution is 7.26.